The fourth-order valence-electron chi connectivity index (χ4n) is 1.92. The molecule has 1 heterocycles. The number of aromatic nitrogens is 3. The quantitative estimate of drug-likeness (QED) is 0.596. The summed E-state index contributed by atoms with van der Waals surface area (Å²) in [5.74, 6) is 0.943. The Morgan fingerprint density at radius 1 is 1.36 bits per heavy atom. The van der Waals surface area contributed by atoms with Gasteiger partial charge in [-0.3, -0.25) is 9.36 Å². The maximum Gasteiger partial charge on any atom is 0.343 e. The van der Waals surface area contributed by atoms with E-state index in [1.807, 2.05) is 0 Å². The smallest absolute Gasteiger partial charge is 0.343 e. The number of carbonyl (C=O) groups is 1. The average Bonchev–Trinajstić information content (AvgIpc) is 2.90. The van der Waals surface area contributed by atoms with E-state index in [1.165, 1.54) is 11.8 Å². The number of thioether (sulfide) groups is 1. The molecular formula is C15H19N3O3S. The zero-order valence-electron chi connectivity index (χ0n) is 12.7. The maximum atomic E-state index is 12.2. The molecule has 0 radical (unpaired) electrons. The van der Waals surface area contributed by atoms with Crippen molar-refractivity contribution in [3.05, 3.63) is 40.3 Å². The normalized spacial score (nSPS) is 10.6. The van der Waals surface area contributed by atoms with Crippen LogP contribution in [0.15, 0.2) is 34.2 Å². The SMILES string of the molecule is CCCCn1c(SCC(=O)c2ccc(OC)cc2)n[nH]c1=O. The van der Waals surface area contributed by atoms with Gasteiger partial charge < -0.3 is 4.74 Å². The highest BCUT2D eigenvalue weighted by Gasteiger charge is 2.12. The Morgan fingerprint density at radius 2 is 2.09 bits per heavy atom. The number of Topliss-reactive ketones (excluding diaryl/α,β-unsaturated/α-hetero) is 1. The Balaban J connectivity index is 2.00. The molecule has 7 heteroatoms. The molecule has 0 fully saturated rings. The van der Waals surface area contributed by atoms with Gasteiger partial charge in [-0.1, -0.05) is 25.1 Å². The molecule has 118 valence electrons. The number of unbranched alkanes of at least 4 members (excludes halogenated alkanes) is 1. The summed E-state index contributed by atoms with van der Waals surface area (Å²) in [6.45, 7) is 2.68. The Kier molecular flexibility index (Phi) is 5.83. The van der Waals surface area contributed by atoms with E-state index >= 15 is 0 Å². The predicted molar refractivity (Wildman–Crippen MR) is 85.8 cm³/mol. The molecule has 22 heavy (non-hydrogen) atoms. The average molecular weight is 321 g/mol. The van der Waals surface area contributed by atoms with Crippen molar-refractivity contribution in [2.24, 2.45) is 0 Å². The van der Waals surface area contributed by atoms with Crippen LogP contribution in [0, 0.1) is 0 Å². The number of methoxy groups -OCH3 is 1. The fraction of sp³-hybridized carbons (Fsp3) is 0.400. The van der Waals surface area contributed by atoms with Crippen LogP contribution in [-0.4, -0.2) is 33.4 Å². The van der Waals surface area contributed by atoms with Gasteiger partial charge in [0.05, 0.1) is 12.9 Å². The molecule has 1 aromatic heterocycles. The third kappa shape index (κ3) is 4.00. The third-order valence-electron chi connectivity index (χ3n) is 3.20. The Bertz CT molecular complexity index is 676. The summed E-state index contributed by atoms with van der Waals surface area (Å²) in [7, 11) is 1.58. The highest BCUT2D eigenvalue weighted by atomic mass is 32.2. The van der Waals surface area contributed by atoms with Crippen molar-refractivity contribution in [1.29, 1.82) is 0 Å². The summed E-state index contributed by atoms with van der Waals surface area (Å²) in [5, 5.41) is 6.97. The Labute approximate surface area is 132 Å². The molecule has 0 bridgehead atoms. The second-order valence-electron chi connectivity index (χ2n) is 4.76. The molecule has 2 aromatic rings. The van der Waals surface area contributed by atoms with E-state index < -0.39 is 0 Å². The number of ketones is 1. The van der Waals surface area contributed by atoms with E-state index in [2.05, 4.69) is 17.1 Å². The highest BCUT2D eigenvalue weighted by molar-refractivity contribution is 7.99. The van der Waals surface area contributed by atoms with Crippen molar-refractivity contribution >= 4 is 17.5 Å². The molecule has 0 saturated heterocycles. The van der Waals surface area contributed by atoms with E-state index in [-0.39, 0.29) is 17.2 Å². The summed E-state index contributed by atoms with van der Waals surface area (Å²) in [6.07, 6.45) is 1.89. The van der Waals surface area contributed by atoms with Gasteiger partial charge >= 0.3 is 5.69 Å². The zero-order chi connectivity index (χ0) is 15.9. The Morgan fingerprint density at radius 3 is 2.73 bits per heavy atom. The number of ether oxygens (including phenoxy) is 1. The molecule has 0 saturated carbocycles. The Hall–Kier alpha value is -2.02. The number of benzene rings is 1. The molecule has 0 amide bonds. The molecule has 0 atom stereocenters. The first-order valence-corrected chi connectivity index (χ1v) is 8.09. The van der Waals surface area contributed by atoms with Gasteiger partial charge in [0.2, 0.25) is 0 Å². The molecule has 1 N–H and O–H groups in total. The van der Waals surface area contributed by atoms with Gasteiger partial charge in [0, 0.05) is 12.1 Å². The van der Waals surface area contributed by atoms with Crippen molar-refractivity contribution in [2.45, 2.75) is 31.5 Å². The minimum Gasteiger partial charge on any atom is -0.497 e. The minimum absolute atomic E-state index is 0.00913. The van der Waals surface area contributed by atoms with Gasteiger partial charge in [0.15, 0.2) is 10.9 Å². The number of nitrogens with one attached hydrogen (secondary N) is 1. The lowest BCUT2D eigenvalue weighted by molar-refractivity contribution is 0.102. The van der Waals surface area contributed by atoms with Gasteiger partial charge in [0.1, 0.15) is 5.75 Å². The second-order valence-corrected chi connectivity index (χ2v) is 5.70. The van der Waals surface area contributed by atoms with Crippen molar-refractivity contribution in [3.8, 4) is 5.75 Å². The van der Waals surface area contributed by atoms with Crippen molar-refractivity contribution in [2.75, 3.05) is 12.9 Å². The van der Waals surface area contributed by atoms with Gasteiger partial charge in [-0.25, -0.2) is 9.89 Å². The number of aromatic amines is 1. The van der Waals surface area contributed by atoms with Crippen molar-refractivity contribution in [1.82, 2.24) is 14.8 Å². The molecule has 0 unspecified atom stereocenters. The van der Waals surface area contributed by atoms with Gasteiger partial charge in [-0.2, -0.15) is 0 Å². The van der Waals surface area contributed by atoms with Gasteiger partial charge in [-0.15, -0.1) is 5.10 Å². The summed E-state index contributed by atoms with van der Waals surface area (Å²) in [6, 6.07) is 6.97. The standard InChI is InChI=1S/C15H19N3O3S/c1-3-4-9-18-14(20)16-17-15(18)22-10-13(19)11-5-7-12(21-2)8-6-11/h5-8H,3-4,9-10H2,1-2H3,(H,16,20). The number of H-pyrrole nitrogens is 1. The van der Waals surface area contributed by atoms with Crippen molar-refractivity contribution in [3.63, 3.8) is 0 Å². The van der Waals surface area contributed by atoms with E-state index in [0.29, 0.717) is 23.0 Å². The van der Waals surface area contributed by atoms with Crippen LogP contribution in [0.1, 0.15) is 30.1 Å². The number of carbonyl (C=O) groups excluding carboxylic acids is 1. The second kappa shape index (κ2) is 7.84. The summed E-state index contributed by atoms with van der Waals surface area (Å²) >= 11 is 1.27. The lowest BCUT2D eigenvalue weighted by Gasteiger charge is -2.05. The van der Waals surface area contributed by atoms with Crippen molar-refractivity contribution < 1.29 is 9.53 Å². The molecule has 0 spiro atoms. The molecule has 6 nitrogen and oxygen atoms in total. The first-order valence-electron chi connectivity index (χ1n) is 7.11. The lowest BCUT2D eigenvalue weighted by atomic mass is 10.1. The number of hydrogen-bond acceptors (Lipinski definition) is 5. The van der Waals surface area contributed by atoms with E-state index in [9.17, 15) is 9.59 Å². The van der Waals surface area contributed by atoms with Gasteiger partial charge in [-0.05, 0) is 30.7 Å². The topological polar surface area (TPSA) is 77.0 Å². The first-order chi connectivity index (χ1) is 10.7. The first kappa shape index (κ1) is 16.4. The number of nitrogens with zero attached hydrogens (tertiary/aromatic N) is 2. The fourth-order valence-corrected chi connectivity index (χ4v) is 2.78. The monoisotopic (exact) mass is 321 g/mol. The summed E-state index contributed by atoms with van der Waals surface area (Å²) in [5.41, 5.74) is 0.388. The van der Waals surface area contributed by atoms with Crippen LogP contribution < -0.4 is 10.4 Å². The molecule has 0 aliphatic carbocycles. The van der Waals surface area contributed by atoms with Crippen LogP contribution in [-0.2, 0) is 6.54 Å². The van der Waals surface area contributed by atoms with Crippen LogP contribution in [0.4, 0.5) is 0 Å². The maximum absolute atomic E-state index is 12.2. The van der Waals surface area contributed by atoms with Gasteiger partial charge in [0.25, 0.3) is 0 Å². The van der Waals surface area contributed by atoms with Crippen LogP contribution in [0.5, 0.6) is 5.75 Å². The third-order valence-corrected chi connectivity index (χ3v) is 4.18. The number of hydrogen-bond donors (Lipinski definition) is 1. The lowest BCUT2D eigenvalue weighted by Crippen LogP contribution is -2.18. The zero-order valence-corrected chi connectivity index (χ0v) is 13.5. The van der Waals surface area contributed by atoms with Crippen LogP contribution in [0.2, 0.25) is 0 Å². The molecule has 0 aliphatic rings. The van der Waals surface area contributed by atoms with E-state index in [0.717, 1.165) is 12.8 Å². The summed E-state index contributed by atoms with van der Waals surface area (Å²) < 4.78 is 6.64. The minimum atomic E-state index is -0.229. The van der Waals surface area contributed by atoms with Crippen LogP contribution in [0.3, 0.4) is 0 Å². The molecule has 0 aliphatic heterocycles. The summed E-state index contributed by atoms with van der Waals surface area (Å²) in [4.78, 5) is 23.8. The number of rotatable bonds is 8. The highest BCUT2D eigenvalue weighted by Crippen LogP contribution is 2.17. The van der Waals surface area contributed by atoms with Crippen LogP contribution in [0.25, 0.3) is 0 Å². The predicted octanol–water partition coefficient (Wildman–Crippen LogP) is 2.36. The van der Waals surface area contributed by atoms with Crippen LogP contribution >= 0.6 is 11.8 Å². The van der Waals surface area contributed by atoms with E-state index in [1.54, 1.807) is 35.9 Å². The molecule has 2 rings (SSSR count). The largest absolute Gasteiger partial charge is 0.497 e. The molecule has 1 aromatic carbocycles. The molecular weight excluding hydrogens is 302 g/mol. The van der Waals surface area contributed by atoms with E-state index in [4.69, 9.17) is 4.74 Å².